The standard InChI is InChI=1S/C20H23N3OS/c1-14(22-11-5-6-15-16(21)7-4-9-17(15)22)20(24)23-12-13-25-19-10-3-2-8-18(19)23/h2-4,7-10,14H,5-6,11-13,21H2,1H3. The number of amides is 1. The number of nitrogens with two attached hydrogens (primary N) is 1. The van der Waals surface area contributed by atoms with Gasteiger partial charge in [-0.05, 0) is 49.6 Å². The molecule has 1 unspecified atom stereocenters. The molecule has 1 atom stereocenters. The predicted molar refractivity (Wildman–Crippen MR) is 106 cm³/mol. The first-order valence-corrected chi connectivity index (χ1v) is 9.82. The van der Waals surface area contributed by atoms with E-state index in [1.54, 1.807) is 0 Å². The first kappa shape index (κ1) is 16.3. The van der Waals surface area contributed by atoms with Crippen molar-refractivity contribution in [2.75, 3.05) is 34.4 Å². The largest absolute Gasteiger partial charge is 0.398 e. The Bertz CT molecular complexity index is 807. The highest BCUT2D eigenvalue weighted by Crippen LogP contribution is 2.36. The van der Waals surface area contributed by atoms with E-state index in [0.717, 1.165) is 48.7 Å². The minimum atomic E-state index is -0.197. The van der Waals surface area contributed by atoms with Crippen LogP contribution in [0, 0.1) is 0 Å². The summed E-state index contributed by atoms with van der Waals surface area (Å²) in [5.74, 6) is 1.11. The van der Waals surface area contributed by atoms with E-state index in [1.807, 2.05) is 53.9 Å². The second-order valence-corrected chi connectivity index (χ2v) is 7.76. The van der Waals surface area contributed by atoms with Gasteiger partial charge in [-0.1, -0.05) is 18.2 Å². The molecule has 4 rings (SSSR count). The van der Waals surface area contributed by atoms with Crippen LogP contribution in [0.25, 0.3) is 0 Å². The molecule has 2 aliphatic rings. The highest BCUT2D eigenvalue weighted by atomic mass is 32.2. The van der Waals surface area contributed by atoms with Gasteiger partial charge in [-0.25, -0.2) is 0 Å². The number of benzene rings is 2. The van der Waals surface area contributed by atoms with Crippen LogP contribution in [0.1, 0.15) is 18.9 Å². The minimum absolute atomic E-state index is 0.169. The predicted octanol–water partition coefficient (Wildman–Crippen LogP) is 3.55. The van der Waals surface area contributed by atoms with E-state index in [1.165, 1.54) is 10.5 Å². The Morgan fingerprint density at radius 2 is 1.92 bits per heavy atom. The zero-order valence-corrected chi connectivity index (χ0v) is 15.3. The molecule has 0 saturated heterocycles. The van der Waals surface area contributed by atoms with Crippen molar-refractivity contribution in [3.63, 3.8) is 0 Å². The number of nitrogens with zero attached hydrogens (tertiary/aromatic N) is 2. The molecule has 5 heteroatoms. The van der Waals surface area contributed by atoms with Crippen molar-refractivity contribution in [3.05, 3.63) is 48.0 Å². The second-order valence-electron chi connectivity index (χ2n) is 6.62. The summed E-state index contributed by atoms with van der Waals surface area (Å²) in [6.45, 7) is 3.68. The van der Waals surface area contributed by atoms with E-state index < -0.39 is 0 Å². The maximum absolute atomic E-state index is 13.3. The summed E-state index contributed by atoms with van der Waals surface area (Å²) in [7, 11) is 0. The number of carbonyl (C=O) groups excluding carboxylic acids is 1. The molecule has 2 N–H and O–H groups in total. The monoisotopic (exact) mass is 353 g/mol. The third-order valence-corrected chi connectivity index (χ3v) is 6.19. The third-order valence-electron chi connectivity index (χ3n) is 5.14. The molecule has 0 spiro atoms. The quantitative estimate of drug-likeness (QED) is 0.839. The molecular weight excluding hydrogens is 330 g/mol. The fourth-order valence-electron chi connectivity index (χ4n) is 3.84. The van der Waals surface area contributed by atoms with Gasteiger partial charge >= 0.3 is 0 Å². The smallest absolute Gasteiger partial charge is 0.249 e. The lowest BCUT2D eigenvalue weighted by Gasteiger charge is -2.39. The van der Waals surface area contributed by atoms with Crippen LogP contribution >= 0.6 is 11.8 Å². The molecule has 130 valence electrons. The number of hydrogen-bond acceptors (Lipinski definition) is 4. The summed E-state index contributed by atoms with van der Waals surface area (Å²) in [4.78, 5) is 18.7. The maximum Gasteiger partial charge on any atom is 0.249 e. The van der Waals surface area contributed by atoms with Crippen molar-refractivity contribution in [2.45, 2.75) is 30.7 Å². The molecule has 0 radical (unpaired) electrons. The molecule has 0 aliphatic carbocycles. The molecule has 2 aliphatic heterocycles. The average Bonchev–Trinajstić information content (AvgIpc) is 2.66. The lowest BCUT2D eigenvalue weighted by Crippen LogP contribution is -2.50. The van der Waals surface area contributed by atoms with Gasteiger partial charge in [0, 0.05) is 35.1 Å². The molecule has 0 bridgehead atoms. The van der Waals surface area contributed by atoms with Crippen molar-refractivity contribution in [1.82, 2.24) is 0 Å². The maximum atomic E-state index is 13.3. The summed E-state index contributed by atoms with van der Waals surface area (Å²) in [5.41, 5.74) is 10.3. The number of anilines is 3. The fourth-order valence-corrected chi connectivity index (χ4v) is 4.83. The van der Waals surface area contributed by atoms with Gasteiger partial charge in [-0.3, -0.25) is 4.79 Å². The summed E-state index contributed by atoms with van der Waals surface area (Å²) < 4.78 is 0. The van der Waals surface area contributed by atoms with E-state index in [4.69, 9.17) is 5.73 Å². The van der Waals surface area contributed by atoms with Gasteiger partial charge in [0.15, 0.2) is 0 Å². The summed E-state index contributed by atoms with van der Waals surface area (Å²) in [6, 6.07) is 14.0. The highest BCUT2D eigenvalue weighted by molar-refractivity contribution is 7.99. The number of hydrogen-bond donors (Lipinski definition) is 1. The molecule has 0 saturated carbocycles. The van der Waals surface area contributed by atoms with Crippen LogP contribution in [0.5, 0.6) is 0 Å². The first-order chi connectivity index (χ1) is 12.2. The molecule has 25 heavy (non-hydrogen) atoms. The normalized spacial score (nSPS) is 17.6. The van der Waals surface area contributed by atoms with E-state index in [0.29, 0.717) is 0 Å². The Balaban J connectivity index is 1.64. The van der Waals surface area contributed by atoms with E-state index >= 15 is 0 Å². The van der Waals surface area contributed by atoms with Gasteiger partial charge < -0.3 is 15.5 Å². The molecule has 1 amide bonds. The Kier molecular flexibility index (Phi) is 4.34. The molecule has 2 aromatic carbocycles. The van der Waals surface area contributed by atoms with Gasteiger partial charge in [-0.2, -0.15) is 0 Å². The zero-order chi connectivity index (χ0) is 17.4. The van der Waals surface area contributed by atoms with Gasteiger partial charge in [0.05, 0.1) is 5.69 Å². The van der Waals surface area contributed by atoms with Crippen LogP contribution in [-0.2, 0) is 11.2 Å². The third kappa shape index (κ3) is 2.86. The fraction of sp³-hybridized carbons (Fsp3) is 0.350. The van der Waals surface area contributed by atoms with E-state index in [-0.39, 0.29) is 11.9 Å². The highest BCUT2D eigenvalue weighted by Gasteiger charge is 2.32. The van der Waals surface area contributed by atoms with Gasteiger partial charge in [0.2, 0.25) is 5.91 Å². The first-order valence-electron chi connectivity index (χ1n) is 8.84. The average molecular weight is 353 g/mol. The number of nitrogen functional groups attached to an aromatic ring is 1. The lowest BCUT2D eigenvalue weighted by molar-refractivity contribution is -0.119. The van der Waals surface area contributed by atoms with Crippen LogP contribution in [0.4, 0.5) is 17.1 Å². The topological polar surface area (TPSA) is 49.6 Å². The lowest BCUT2D eigenvalue weighted by atomic mass is 9.98. The summed E-state index contributed by atoms with van der Waals surface area (Å²) in [5, 5.41) is 0. The molecule has 2 heterocycles. The molecular formula is C20H23N3OS. The van der Waals surface area contributed by atoms with Crippen molar-refractivity contribution >= 4 is 34.7 Å². The van der Waals surface area contributed by atoms with Crippen LogP contribution in [0.15, 0.2) is 47.4 Å². The number of para-hydroxylation sites is 1. The van der Waals surface area contributed by atoms with Gasteiger partial charge in [0.25, 0.3) is 0 Å². The Hall–Kier alpha value is -2.14. The Labute approximate surface area is 153 Å². The van der Waals surface area contributed by atoms with Crippen LogP contribution in [0.3, 0.4) is 0 Å². The molecule has 0 fully saturated rings. The van der Waals surface area contributed by atoms with Crippen molar-refractivity contribution in [1.29, 1.82) is 0 Å². The van der Waals surface area contributed by atoms with Gasteiger partial charge in [-0.15, -0.1) is 11.8 Å². The van der Waals surface area contributed by atoms with Crippen molar-refractivity contribution in [2.24, 2.45) is 0 Å². The van der Waals surface area contributed by atoms with E-state index in [2.05, 4.69) is 17.0 Å². The molecule has 2 aromatic rings. The summed E-state index contributed by atoms with van der Waals surface area (Å²) >= 11 is 1.82. The van der Waals surface area contributed by atoms with E-state index in [9.17, 15) is 4.79 Å². The number of thioether (sulfide) groups is 1. The molecule has 0 aromatic heterocycles. The Morgan fingerprint density at radius 1 is 1.12 bits per heavy atom. The number of fused-ring (bicyclic) bond motifs is 2. The minimum Gasteiger partial charge on any atom is -0.398 e. The summed E-state index contributed by atoms with van der Waals surface area (Å²) in [6.07, 6.45) is 2.02. The zero-order valence-electron chi connectivity index (χ0n) is 14.4. The number of carbonyl (C=O) groups is 1. The van der Waals surface area contributed by atoms with Crippen LogP contribution < -0.4 is 15.5 Å². The SMILES string of the molecule is CC(C(=O)N1CCSc2ccccc21)N1CCCc2c(N)cccc21. The Morgan fingerprint density at radius 3 is 2.80 bits per heavy atom. The number of rotatable bonds is 2. The molecule has 4 nitrogen and oxygen atoms in total. The van der Waals surface area contributed by atoms with Crippen LogP contribution in [-0.4, -0.2) is 30.8 Å². The van der Waals surface area contributed by atoms with Crippen molar-refractivity contribution < 1.29 is 4.79 Å². The van der Waals surface area contributed by atoms with Crippen LogP contribution in [0.2, 0.25) is 0 Å². The van der Waals surface area contributed by atoms with Crippen molar-refractivity contribution in [3.8, 4) is 0 Å². The van der Waals surface area contributed by atoms with Gasteiger partial charge in [0.1, 0.15) is 6.04 Å². The second kappa shape index (κ2) is 6.64.